The number of thiophene rings is 1. The quantitative estimate of drug-likeness (QED) is 0.303. The highest BCUT2D eigenvalue weighted by Gasteiger charge is 2.32. The van der Waals surface area contributed by atoms with Crippen LogP contribution in [0.4, 0.5) is 0 Å². The zero-order valence-electron chi connectivity index (χ0n) is 18.9. The molecule has 1 atom stereocenters. The Kier molecular flexibility index (Phi) is 9.33. The molecule has 0 aromatic carbocycles. The van der Waals surface area contributed by atoms with Gasteiger partial charge in [-0.3, -0.25) is 4.79 Å². The maximum Gasteiger partial charge on any atom is 0.225 e. The SMILES string of the molecule is Cc1nnc(CN=C(NCCc2cccs2)NC2CCN(C(=O)C3CCCC3)C2)n1C.I. The lowest BCUT2D eigenvalue weighted by atomic mass is 10.1. The van der Waals surface area contributed by atoms with E-state index in [0.717, 1.165) is 62.9 Å². The lowest BCUT2D eigenvalue weighted by Crippen LogP contribution is -2.46. The van der Waals surface area contributed by atoms with Crippen LogP contribution in [0.3, 0.4) is 0 Å². The van der Waals surface area contributed by atoms with Gasteiger partial charge in [0.05, 0.1) is 0 Å². The number of hydrogen-bond acceptors (Lipinski definition) is 5. The first-order valence-corrected chi connectivity index (χ1v) is 12.2. The van der Waals surface area contributed by atoms with Crippen LogP contribution in [0.1, 0.15) is 48.6 Å². The van der Waals surface area contributed by atoms with Gasteiger partial charge in [0.25, 0.3) is 0 Å². The van der Waals surface area contributed by atoms with Gasteiger partial charge in [-0.2, -0.15) is 0 Å². The summed E-state index contributed by atoms with van der Waals surface area (Å²) in [5, 5.41) is 17.5. The van der Waals surface area contributed by atoms with Crippen LogP contribution >= 0.6 is 35.3 Å². The summed E-state index contributed by atoms with van der Waals surface area (Å²) in [6.45, 7) is 4.79. The first kappa shape index (κ1) is 24.9. The van der Waals surface area contributed by atoms with E-state index in [-0.39, 0.29) is 35.9 Å². The van der Waals surface area contributed by atoms with Crippen LogP contribution in [0.15, 0.2) is 22.5 Å². The normalized spacial score (nSPS) is 19.2. The molecule has 1 aliphatic carbocycles. The molecule has 4 rings (SSSR count). The van der Waals surface area contributed by atoms with Crippen molar-refractivity contribution in [2.24, 2.45) is 18.0 Å². The molecule has 1 aliphatic heterocycles. The first-order valence-electron chi connectivity index (χ1n) is 11.3. The second-order valence-corrected chi connectivity index (χ2v) is 9.57. The molecule has 2 N–H and O–H groups in total. The predicted octanol–water partition coefficient (Wildman–Crippen LogP) is 2.87. The molecule has 32 heavy (non-hydrogen) atoms. The second-order valence-electron chi connectivity index (χ2n) is 8.54. The molecular weight excluding hydrogens is 537 g/mol. The number of hydrogen-bond donors (Lipinski definition) is 2. The largest absolute Gasteiger partial charge is 0.356 e. The highest BCUT2D eigenvalue weighted by molar-refractivity contribution is 14.0. The van der Waals surface area contributed by atoms with Crippen molar-refractivity contribution in [1.82, 2.24) is 30.3 Å². The van der Waals surface area contributed by atoms with Crippen LogP contribution < -0.4 is 10.6 Å². The average Bonchev–Trinajstić information content (AvgIpc) is 3.57. The zero-order chi connectivity index (χ0) is 21.6. The molecule has 2 aliphatic rings. The Hall–Kier alpha value is -1.69. The van der Waals surface area contributed by atoms with Crippen LogP contribution in [-0.4, -0.2) is 57.2 Å². The van der Waals surface area contributed by atoms with Gasteiger partial charge in [-0.1, -0.05) is 18.9 Å². The Bertz CT molecular complexity index is 892. The van der Waals surface area contributed by atoms with E-state index in [9.17, 15) is 4.79 Å². The summed E-state index contributed by atoms with van der Waals surface area (Å²) in [7, 11) is 1.96. The number of aliphatic imine (C=N–C) groups is 1. The third kappa shape index (κ3) is 6.43. The molecule has 0 bridgehead atoms. The van der Waals surface area contributed by atoms with E-state index >= 15 is 0 Å². The number of likely N-dealkylation sites (tertiary alicyclic amines) is 1. The number of amides is 1. The van der Waals surface area contributed by atoms with E-state index in [1.54, 1.807) is 11.3 Å². The van der Waals surface area contributed by atoms with Gasteiger partial charge in [-0.15, -0.1) is 45.5 Å². The molecule has 0 radical (unpaired) electrons. The van der Waals surface area contributed by atoms with E-state index in [1.165, 1.54) is 17.7 Å². The van der Waals surface area contributed by atoms with Crippen LogP contribution in [-0.2, 0) is 24.8 Å². The Morgan fingerprint density at radius 3 is 2.78 bits per heavy atom. The third-order valence-corrected chi connectivity index (χ3v) is 7.29. The van der Waals surface area contributed by atoms with Crippen molar-refractivity contribution < 1.29 is 4.79 Å². The number of carbonyl (C=O) groups excluding carboxylic acids is 1. The Morgan fingerprint density at radius 1 is 1.28 bits per heavy atom. The molecule has 2 aromatic rings. The van der Waals surface area contributed by atoms with E-state index in [0.29, 0.717) is 12.5 Å². The predicted molar refractivity (Wildman–Crippen MR) is 138 cm³/mol. The number of aromatic nitrogens is 3. The third-order valence-electron chi connectivity index (χ3n) is 6.35. The van der Waals surface area contributed by atoms with E-state index in [4.69, 9.17) is 4.99 Å². The lowest BCUT2D eigenvalue weighted by Gasteiger charge is -2.21. The fraction of sp³-hybridized carbons (Fsp3) is 0.636. The first-order chi connectivity index (χ1) is 15.1. The minimum Gasteiger partial charge on any atom is -0.356 e. The average molecular weight is 572 g/mol. The second kappa shape index (κ2) is 12.0. The molecule has 10 heteroatoms. The highest BCUT2D eigenvalue weighted by Crippen LogP contribution is 2.27. The molecule has 176 valence electrons. The maximum atomic E-state index is 12.8. The topological polar surface area (TPSA) is 87.4 Å². The number of nitrogens with one attached hydrogen (secondary N) is 2. The minimum absolute atomic E-state index is 0. The number of nitrogens with zero attached hydrogens (tertiary/aromatic N) is 5. The molecule has 1 unspecified atom stereocenters. The van der Waals surface area contributed by atoms with Gasteiger partial charge < -0.3 is 20.1 Å². The number of carbonyl (C=O) groups is 1. The van der Waals surface area contributed by atoms with Crippen LogP contribution in [0, 0.1) is 12.8 Å². The van der Waals surface area contributed by atoms with Gasteiger partial charge in [0, 0.05) is 43.5 Å². The molecule has 1 saturated carbocycles. The summed E-state index contributed by atoms with van der Waals surface area (Å²) >= 11 is 1.77. The van der Waals surface area contributed by atoms with Crippen molar-refractivity contribution >= 4 is 47.2 Å². The van der Waals surface area contributed by atoms with Gasteiger partial charge in [-0.05, 0) is 44.1 Å². The van der Waals surface area contributed by atoms with Crippen molar-refractivity contribution in [2.45, 2.75) is 58.0 Å². The van der Waals surface area contributed by atoms with Crippen molar-refractivity contribution in [1.29, 1.82) is 0 Å². The maximum absolute atomic E-state index is 12.8. The highest BCUT2D eigenvalue weighted by atomic mass is 127. The summed E-state index contributed by atoms with van der Waals surface area (Å²) in [4.78, 5) is 20.9. The van der Waals surface area contributed by atoms with Gasteiger partial charge in [0.2, 0.25) is 5.91 Å². The summed E-state index contributed by atoms with van der Waals surface area (Å²) in [5.74, 6) is 3.08. The fourth-order valence-corrected chi connectivity index (χ4v) is 5.06. The van der Waals surface area contributed by atoms with E-state index in [1.807, 2.05) is 23.4 Å². The fourth-order valence-electron chi connectivity index (χ4n) is 4.35. The Morgan fingerprint density at radius 2 is 2.09 bits per heavy atom. The lowest BCUT2D eigenvalue weighted by molar-refractivity contribution is -0.134. The number of guanidine groups is 1. The minimum atomic E-state index is 0. The molecule has 0 spiro atoms. The Balaban J connectivity index is 0.00000289. The van der Waals surface area contributed by atoms with Crippen molar-refractivity contribution in [3.8, 4) is 0 Å². The van der Waals surface area contributed by atoms with Gasteiger partial charge in [0.15, 0.2) is 11.8 Å². The summed E-state index contributed by atoms with van der Waals surface area (Å²) in [6.07, 6.45) is 6.41. The van der Waals surface area contributed by atoms with Crippen LogP contribution in [0.2, 0.25) is 0 Å². The number of rotatable bonds is 7. The van der Waals surface area contributed by atoms with Crippen molar-refractivity contribution in [3.63, 3.8) is 0 Å². The van der Waals surface area contributed by atoms with Gasteiger partial charge >= 0.3 is 0 Å². The summed E-state index contributed by atoms with van der Waals surface area (Å²) in [6, 6.07) is 4.46. The molecular formula is C22H34IN7OS. The molecule has 2 aromatic heterocycles. The van der Waals surface area contributed by atoms with Gasteiger partial charge in [-0.25, -0.2) is 4.99 Å². The van der Waals surface area contributed by atoms with E-state index in [2.05, 4.69) is 38.3 Å². The summed E-state index contributed by atoms with van der Waals surface area (Å²) < 4.78 is 1.96. The molecule has 2 fully saturated rings. The summed E-state index contributed by atoms with van der Waals surface area (Å²) in [5.41, 5.74) is 0. The monoisotopic (exact) mass is 571 g/mol. The number of halogens is 1. The van der Waals surface area contributed by atoms with Crippen molar-refractivity contribution in [3.05, 3.63) is 34.0 Å². The van der Waals surface area contributed by atoms with Crippen LogP contribution in [0.5, 0.6) is 0 Å². The molecule has 8 nitrogen and oxygen atoms in total. The molecule has 1 amide bonds. The number of aryl methyl sites for hydroxylation is 1. The molecule has 3 heterocycles. The molecule has 1 saturated heterocycles. The van der Waals surface area contributed by atoms with Crippen LogP contribution in [0.25, 0.3) is 0 Å². The standard InChI is InChI=1S/C22H33N7OS.HI/c1-16-26-27-20(28(16)2)14-24-22(23-11-9-19-8-5-13-31-19)25-18-10-12-29(15-18)21(30)17-6-3-4-7-17;/h5,8,13,17-18H,3-4,6-7,9-12,14-15H2,1-2H3,(H2,23,24,25);1H. The zero-order valence-corrected chi connectivity index (χ0v) is 22.1. The smallest absolute Gasteiger partial charge is 0.225 e. The van der Waals surface area contributed by atoms with Gasteiger partial charge in [0.1, 0.15) is 12.4 Å². The Labute approximate surface area is 211 Å². The van der Waals surface area contributed by atoms with Crippen molar-refractivity contribution in [2.75, 3.05) is 19.6 Å². The van der Waals surface area contributed by atoms with E-state index < -0.39 is 0 Å².